The van der Waals surface area contributed by atoms with Crippen LogP contribution in [0.5, 0.6) is 0 Å². The summed E-state index contributed by atoms with van der Waals surface area (Å²) in [4.78, 5) is 0. The van der Waals surface area contributed by atoms with E-state index in [1.807, 2.05) is 6.20 Å². The molecule has 0 bridgehead atoms. The molecule has 0 aliphatic heterocycles. The van der Waals surface area contributed by atoms with Crippen molar-refractivity contribution in [3.8, 4) is 12.3 Å². The van der Waals surface area contributed by atoms with Gasteiger partial charge >= 0.3 is 0 Å². The van der Waals surface area contributed by atoms with Crippen LogP contribution in [0, 0.1) is 12.3 Å². The number of aryl methyl sites for hydroxylation is 2. The van der Waals surface area contributed by atoms with E-state index in [0.29, 0.717) is 0 Å². The lowest BCUT2D eigenvalue weighted by atomic mass is 10.3. The Bertz CT molecular complexity index is 270. The molecule has 0 fully saturated rings. The molecule has 1 rings (SSSR count). The van der Waals surface area contributed by atoms with Crippen molar-refractivity contribution in [1.29, 1.82) is 0 Å². The Morgan fingerprint density at radius 1 is 1.67 bits per heavy atom. The zero-order valence-electron chi connectivity index (χ0n) is 7.32. The number of hydrogen-bond donors (Lipinski definition) is 0. The summed E-state index contributed by atoms with van der Waals surface area (Å²) < 4.78 is 1.80. The Balaban J connectivity index is 2.47. The monoisotopic (exact) mass is 163 g/mol. The van der Waals surface area contributed by atoms with Gasteiger partial charge in [-0.05, 0) is 6.42 Å². The van der Waals surface area contributed by atoms with Crippen LogP contribution in [0.15, 0.2) is 6.20 Å². The minimum atomic E-state index is 0.717. The Hall–Kier alpha value is -1.30. The zero-order valence-corrected chi connectivity index (χ0v) is 7.32. The molecule has 1 aromatic rings. The van der Waals surface area contributed by atoms with Crippen molar-refractivity contribution >= 4 is 0 Å². The predicted octanol–water partition coefficient (Wildman–Crippen LogP) is 1.25. The van der Waals surface area contributed by atoms with E-state index in [4.69, 9.17) is 6.42 Å². The second-order valence-electron chi connectivity index (χ2n) is 2.68. The Morgan fingerprint density at radius 3 is 3.17 bits per heavy atom. The quantitative estimate of drug-likeness (QED) is 0.625. The summed E-state index contributed by atoms with van der Waals surface area (Å²) in [6.45, 7) is 2.90. The highest BCUT2D eigenvalue weighted by molar-refractivity contribution is 4.92. The summed E-state index contributed by atoms with van der Waals surface area (Å²) in [6, 6.07) is 0. The second-order valence-corrected chi connectivity index (χ2v) is 2.68. The van der Waals surface area contributed by atoms with Gasteiger partial charge in [-0.1, -0.05) is 18.6 Å². The normalized spacial score (nSPS) is 9.67. The topological polar surface area (TPSA) is 30.7 Å². The summed E-state index contributed by atoms with van der Waals surface area (Å²) in [6.07, 6.45) is 9.91. The van der Waals surface area contributed by atoms with E-state index in [-0.39, 0.29) is 0 Å². The van der Waals surface area contributed by atoms with Gasteiger partial charge < -0.3 is 0 Å². The molecular formula is C9H13N3. The number of nitrogens with zero attached hydrogens (tertiary/aromatic N) is 3. The molecule has 0 aliphatic carbocycles. The molecule has 0 saturated carbocycles. The number of hydrogen-bond acceptors (Lipinski definition) is 2. The second kappa shape index (κ2) is 4.55. The summed E-state index contributed by atoms with van der Waals surface area (Å²) in [7, 11) is 0. The first kappa shape index (κ1) is 8.79. The molecule has 0 radical (unpaired) electrons. The molecule has 0 saturated heterocycles. The van der Waals surface area contributed by atoms with Gasteiger partial charge in [0.1, 0.15) is 0 Å². The minimum absolute atomic E-state index is 0.717. The van der Waals surface area contributed by atoms with Crippen molar-refractivity contribution in [3.05, 3.63) is 11.9 Å². The van der Waals surface area contributed by atoms with Crippen LogP contribution in [0.25, 0.3) is 0 Å². The van der Waals surface area contributed by atoms with Crippen LogP contribution in [0.3, 0.4) is 0 Å². The van der Waals surface area contributed by atoms with E-state index in [1.165, 1.54) is 0 Å². The van der Waals surface area contributed by atoms with Crippen molar-refractivity contribution in [3.63, 3.8) is 0 Å². The fraction of sp³-hybridized carbons (Fsp3) is 0.556. The molecule has 64 valence electrons. The lowest BCUT2D eigenvalue weighted by Crippen LogP contribution is -1.97. The molecule has 0 amide bonds. The highest BCUT2D eigenvalue weighted by Gasteiger charge is 1.97. The van der Waals surface area contributed by atoms with Gasteiger partial charge in [0.2, 0.25) is 0 Å². The average molecular weight is 163 g/mol. The molecule has 1 aromatic heterocycles. The third kappa shape index (κ3) is 2.39. The Labute approximate surface area is 72.8 Å². The fourth-order valence-electron chi connectivity index (χ4n) is 0.998. The van der Waals surface area contributed by atoms with Gasteiger partial charge in [0.05, 0.1) is 12.2 Å². The van der Waals surface area contributed by atoms with Gasteiger partial charge in [0, 0.05) is 12.6 Å². The molecule has 3 heteroatoms. The van der Waals surface area contributed by atoms with Gasteiger partial charge in [0.15, 0.2) is 0 Å². The number of terminal acetylenes is 1. The SMILES string of the molecule is C#CCCn1cc(CCC)nn1. The molecule has 12 heavy (non-hydrogen) atoms. The van der Waals surface area contributed by atoms with Crippen LogP contribution in [-0.2, 0) is 13.0 Å². The molecule has 0 aliphatic rings. The molecule has 0 unspecified atom stereocenters. The predicted molar refractivity (Wildman–Crippen MR) is 47.5 cm³/mol. The van der Waals surface area contributed by atoms with Crippen molar-refractivity contribution in [2.45, 2.75) is 32.7 Å². The first-order valence-electron chi connectivity index (χ1n) is 4.19. The smallest absolute Gasteiger partial charge is 0.0827 e. The van der Waals surface area contributed by atoms with Crippen LogP contribution in [0.4, 0.5) is 0 Å². The lowest BCUT2D eigenvalue weighted by molar-refractivity contribution is 0.601. The molecule has 0 aromatic carbocycles. The maximum atomic E-state index is 5.13. The Morgan fingerprint density at radius 2 is 2.50 bits per heavy atom. The molecular weight excluding hydrogens is 150 g/mol. The van der Waals surface area contributed by atoms with E-state index in [2.05, 4.69) is 23.2 Å². The Kier molecular flexibility index (Phi) is 3.34. The van der Waals surface area contributed by atoms with Crippen LogP contribution < -0.4 is 0 Å². The van der Waals surface area contributed by atoms with Crippen LogP contribution >= 0.6 is 0 Å². The van der Waals surface area contributed by atoms with E-state index in [9.17, 15) is 0 Å². The van der Waals surface area contributed by atoms with Crippen molar-refractivity contribution < 1.29 is 0 Å². The minimum Gasteiger partial charge on any atom is -0.251 e. The highest BCUT2D eigenvalue weighted by atomic mass is 15.4. The molecule has 0 N–H and O–H groups in total. The van der Waals surface area contributed by atoms with Crippen molar-refractivity contribution in [1.82, 2.24) is 15.0 Å². The maximum absolute atomic E-state index is 5.13. The third-order valence-corrected chi connectivity index (χ3v) is 1.58. The summed E-state index contributed by atoms with van der Waals surface area (Å²) in [5.41, 5.74) is 1.05. The third-order valence-electron chi connectivity index (χ3n) is 1.58. The van der Waals surface area contributed by atoms with Gasteiger partial charge in [0.25, 0.3) is 0 Å². The highest BCUT2D eigenvalue weighted by Crippen LogP contribution is 1.97. The van der Waals surface area contributed by atoms with Gasteiger partial charge in [-0.15, -0.1) is 17.4 Å². The van der Waals surface area contributed by atoms with Gasteiger partial charge in [-0.2, -0.15) is 0 Å². The standard InChI is InChI=1S/C9H13N3/c1-3-5-7-12-8-9(6-4-2)10-11-12/h1,8H,4-7H2,2H3. The van der Waals surface area contributed by atoms with Gasteiger partial charge in [-0.3, -0.25) is 4.68 Å². The molecule has 1 heterocycles. The van der Waals surface area contributed by atoms with Crippen LogP contribution in [0.2, 0.25) is 0 Å². The fourth-order valence-corrected chi connectivity index (χ4v) is 0.998. The summed E-state index contributed by atoms with van der Waals surface area (Å²) in [5.74, 6) is 2.57. The van der Waals surface area contributed by atoms with Crippen molar-refractivity contribution in [2.24, 2.45) is 0 Å². The summed E-state index contributed by atoms with van der Waals surface area (Å²) >= 11 is 0. The lowest BCUT2D eigenvalue weighted by Gasteiger charge is -1.92. The van der Waals surface area contributed by atoms with E-state index in [1.54, 1.807) is 4.68 Å². The van der Waals surface area contributed by atoms with Crippen LogP contribution in [0.1, 0.15) is 25.5 Å². The molecule has 0 spiro atoms. The number of aromatic nitrogens is 3. The van der Waals surface area contributed by atoms with Crippen LogP contribution in [-0.4, -0.2) is 15.0 Å². The molecule has 0 atom stereocenters. The summed E-state index contributed by atoms with van der Waals surface area (Å²) in [5, 5.41) is 7.95. The molecule has 3 nitrogen and oxygen atoms in total. The zero-order chi connectivity index (χ0) is 8.81. The number of rotatable bonds is 4. The van der Waals surface area contributed by atoms with Crippen molar-refractivity contribution in [2.75, 3.05) is 0 Å². The first-order chi connectivity index (χ1) is 5.86. The van der Waals surface area contributed by atoms with Gasteiger partial charge in [-0.25, -0.2) is 0 Å². The van der Waals surface area contributed by atoms with E-state index < -0.39 is 0 Å². The van der Waals surface area contributed by atoms with E-state index >= 15 is 0 Å². The van der Waals surface area contributed by atoms with E-state index in [0.717, 1.165) is 31.5 Å². The maximum Gasteiger partial charge on any atom is 0.0827 e. The largest absolute Gasteiger partial charge is 0.251 e. The first-order valence-corrected chi connectivity index (χ1v) is 4.19. The average Bonchev–Trinajstić information content (AvgIpc) is 2.50.